The van der Waals surface area contributed by atoms with Crippen molar-refractivity contribution in [2.75, 3.05) is 6.61 Å². The molecule has 0 bridgehead atoms. The Labute approximate surface area is 102 Å². The molecule has 1 unspecified atom stereocenters. The molecule has 92 valence electrons. The second-order valence-electron chi connectivity index (χ2n) is 4.48. The standard InChI is InChI=1S/C13H19N3O/c1-9-6-10(2)12(15-7-9)13(16-14)11-4-3-5-17-8-11/h6-8,13,16H,3-5,14H2,1-2H3. The Morgan fingerprint density at radius 2 is 2.29 bits per heavy atom. The van der Waals surface area contributed by atoms with Crippen molar-refractivity contribution in [3.8, 4) is 0 Å². The number of nitrogens with zero attached hydrogens (tertiary/aromatic N) is 1. The van der Waals surface area contributed by atoms with Crippen LogP contribution in [-0.2, 0) is 4.74 Å². The van der Waals surface area contributed by atoms with Crippen molar-refractivity contribution < 1.29 is 4.74 Å². The summed E-state index contributed by atoms with van der Waals surface area (Å²) in [6, 6.07) is 2.08. The van der Waals surface area contributed by atoms with Gasteiger partial charge in [0.15, 0.2) is 0 Å². The highest BCUT2D eigenvalue weighted by Crippen LogP contribution is 2.27. The Morgan fingerprint density at radius 3 is 2.88 bits per heavy atom. The fourth-order valence-corrected chi connectivity index (χ4v) is 2.19. The number of hydrogen-bond donors (Lipinski definition) is 2. The largest absolute Gasteiger partial charge is 0.501 e. The predicted molar refractivity (Wildman–Crippen MR) is 67.0 cm³/mol. The molecule has 2 heterocycles. The Bertz CT molecular complexity index is 429. The molecule has 0 amide bonds. The van der Waals surface area contributed by atoms with Crippen molar-refractivity contribution in [3.63, 3.8) is 0 Å². The van der Waals surface area contributed by atoms with Crippen molar-refractivity contribution in [1.29, 1.82) is 0 Å². The zero-order chi connectivity index (χ0) is 12.3. The minimum absolute atomic E-state index is 0.0455. The number of rotatable bonds is 3. The molecule has 0 saturated carbocycles. The highest BCUT2D eigenvalue weighted by Gasteiger charge is 2.20. The number of hydrazine groups is 1. The van der Waals surface area contributed by atoms with E-state index in [9.17, 15) is 0 Å². The van der Waals surface area contributed by atoms with Crippen molar-refractivity contribution in [1.82, 2.24) is 10.4 Å². The number of nitrogens with two attached hydrogens (primary N) is 1. The van der Waals surface area contributed by atoms with Gasteiger partial charge in [0.25, 0.3) is 0 Å². The lowest BCUT2D eigenvalue weighted by Gasteiger charge is -2.23. The maximum absolute atomic E-state index is 5.66. The quantitative estimate of drug-likeness (QED) is 0.618. The third-order valence-electron chi connectivity index (χ3n) is 3.03. The van der Waals surface area contributed by atoms with E-state index in [1.54, 1.807) is 0 Å². The molecule has 0 aromatic carbocycles. The number of aryl methyl sites for hydroxylation is 2. The molecule has 0 saturated heterocycles. The monoisotopic (exact) mass is 233 g/mol. The number of pyridine rings is 1. The van der Waals surface area contributed by atoms with Gasteiger partial charge in [-0.25, -0.2) is 5.43 Å². The highest BCUT2D eigenvalue weighted by atomic mass is 16.5. The maximum Gasteiger partial charge on any atom is 0.0876 e. The van der Waals surface area contributed by atoms with Crippen LogP contribution in [0.4, 0.5) is 0 Å². The first-order valence-corrected chi connectivity index (χ1v) is 5.92. The summed E-state index contributed by atoms with van der Waals surface area (Å²) in [6.45, 7) is 4.89. The van der Waals surface area contributed by atoms with Crippen LogP contribution in [0.2, 0.25) is 0 Å². The van der Waals surface area contributed by atoms with Gasteiger partial charge in [0, 0.05) is 6.20 Å². The van der Waals surface area contributed by atoms with Gasteiger partial charge >= 0.3 is 0 Å². The van der Waals surface area contributed by atoms with Gasteiger partial charge in [-0.1, -0.05) is 6.07 Å². The molecule has 0 radical (unpaired) electrons. The van der Waals surface area contributed by atoms with E-state index < -0.39 is 0 Å². The summed E-state index contributed by atoms with van der Waals surface area (Å²) >= 11 is 0. The van der Waals surface area contributed by atoms with E-state index in [1.807, 2.05) is 19.4 Å². The van der Waals surface area contributed by atoms with E-state index in [4.69, 9.17) is 10.6 Å². The number of ether oxygens (including phenoxy) is 1. The summed E-state index contributed by atoms with van der Waals surface area (Å²) in [4.78, 5) is 4.49. The summed E-state index contributed by atoms with van der Waals surface area (Å²) in [5.74, 6) is 5.66. The molecule has 1 aliphatic heterocycles. The molecule has 1 atom stereocenters. The maximum atomic E-state index is 5.66. The van der Waals surface area contributed by atoms with Crippen LogP contribution >= 0.6 is 0 Å². The minimum Gasteiger partial charge on any atom is -0.501 e. The normalized spacial score (nSPS) is 17.2. The third-order valence-corrected chi connectivity index (χ3v) is 3.03. The lowest BCUT2D eigenvalue weighted by molar-refractivity contribution is 0.219. The fourth-order valence-electron chi connectivity index (χ4n) is 2.19. The Morgan fingerprint density at radius 1 is 1.47 bits per heavy atom. The van der Waals surface area contributed by atoms with Crippen LogP contribution in [-0.4, -0.2) is 11.6 Å². The molecular formula is C13H19N3O. The average molecular weight is 233 g/mol. The fraction of sp³-hybridized carbons (Fsp3) is 0.462. The van der Waals surface area contributed by atoms with Gasteiger partial charge in [-0.05, 0) is 43.4 Å². The van der Waals surface area contributed by atoms with Gasteiger partial charge in [-0.2, -0.15) is 0 Å². The van der Waals surface area contributed by atoms with E-state index >= 15 is 0 Å². The second kappa shape index (κ2) is 5.29. The number of hydrogen-bond acceptors (Lipinski definition) is 4. The lowest BCUT2D eigenvalue weighted by atomic mass is 9.96. The number of aromatic nitrogens is 1. The Kier molecular flexibility index (Phi) is 3.76. The van der Waals surface area contributed by atoms with E-state index in [-0.39, 0.29) is 6.04 Å². The molecule has 2 rings (SSSR count). The molecule has 1 aromatic rings. The topological polar surface area (TPSA) is 60.2 Å². The molecule has 4 heteroatoms. The highest BCUT2D eigenvalue weighted by molar-refractivity contribution is 5.31. The van der Waals surface area contributed by atoms with E-state index in [0.29, 0.717) is 0 Å². The SMILES string of the molecule is Cc1cnc(C(NN)C2=COCCC2)c(C)c1. The summed E-state index contributed by atoms with van der Waals surface area (Å²) in [5.41, 5.74) is 7.30. The first kappa shape index (κ1) is 12.1. The molecular weight excluding hydrogens is 214 g/mol. The number of nitrogens with one attached hydrogen (secondary N) is 1. The third kappa shape index (κ3) is 2.65. The summed E-state index contributed by atoms with van der Waals surface area (Å²) in [6.07, 6.45) is 5.73. The molecule has 0 aliphatic carbocycles. The van der Waals surface area contributed by atoms with Crippen LogP contribution in [0.5, 0.6) is 0 Å². The average Bonchev–Trinajstić information content (AvgIpc) is 2.34. The molecule has 1 aliphatic rings. The van der Waals surface area contributed by atoms with Crippen LogP contribution in [0.15, 0.2) is 24.1 Å². The molecule has 17 heavy (non-hydrogen) atoms. The Balaban J connectivity index is 2.31. The van der Waals surface area contributed by atoms with Crippen molar-refractivity contribution >= 4 is 0 Å². The van der Waals surface area contributed by atoms with Gasteiger partial charge in [-0.3, -0.25) is 10.8 Å². The first-order chi connectivity index (χ1) is 8.22. The molecule has 4 nitrogen and oxygen atoms in total. The van der Waals surface area contributed by atoms with Crippen molar-refractivity contribution in [2.24, 2.45) is 5.84 Å². The van der Waals surface area contributed by atoms with Crippen LogP contribution in [0, 0.1) is 13.8 Å². The summed E-state index contributed by atoms with van der Waals surface area (Å²) in [5, 5.41) is 0. The van der Waals surface area contributed by atoms with Crippen LogP contribution < -0.4 is 11.3 Å². The lowest BCUT2D eigenvalue weighted by Crippen LogP contribution is -2.31. The molecule has 0 fully saturated rings. The molecule has 3 N–H and O–H groups in total. The van der Waals surface area contributed by atoms with E-state index in [0.717, 1.165) is 36.3 Å². The zero-order valence-corrected chi connectivity index (χ0v) is 10.4. The molecule has 1 aromatic heterocycles. The van der Waals surface area contributed by atoms with E-state index in [2.05, 4.69) is 23.4 Å². The summed E-state index contributed by atoms with van der Waals surface area (Å²) in [7, 11) is 0. The summed E-state index contributed by atoms with van der Waals surface area (Å²) < 4.78 is 5.36. The minimum atomic E-state index is -0.0455. The van der Waals surface area contributed by atoms with Gasteiger partial charge < -0.3 is 4.74 Å². The van der Waals surface area contributed by atoms with Gasteiger partial charge in [-0.15, -0.1) is 0 Å². The van der Waals surface area contributed by atoms with Crippen LogP contribution in [0.3, 0.4) is 0 Å². The second-order valence-corrected chi connectivity index (χ2v) is 4.48. The molecule has 0 spiro atoms. The Hall–Kier alpha value is -1.39. The van der Waals surface area contributed by atoms with Crippen LogP contribution in [0.25, 0.3) is 0 Å². The van der Waals surface area contributed by atoms with Crippen molar-refractivity contribution in [3.05, 3.63) is 40.9 Å². The smallest absolute Gasteiger partial charge is 0.0876 e. The van der Waals surface area contributed by atoms with Gasteiger partial charge in [0.2, 0.25) is 0 Å². The first-order valence-electron chi connectivity index (χ1n) is 5.92. The van der Waals surface area contributed by atoms with Crippen molar-refractivity contribution in [2.45, 2.75) is 32.7 Å². The van der Waals surface area contributed by atoms with E-state index in [1.165, 1.54) is 5.57 Å². The zero-order valence-electron chi connectivity index (χ0n) is 10.4. The van der Waals surface area contributed by atoms with Gasteiger partial charge in [0.1, 0.15) is 0 Å². The van der Waals surface area contributed by atoms with Crippen LogP contribution in [0.1, 0.15) is 35.7 Å². The predicted octanol–water partition coefficient (Wildman–Crippen LogP) is 1.90. The van der Waals surface area contributed by atoms with Gasteiger partial charge in [0.05, 0.1) is 24.6 Å².